The summed E-state index contributed by atoms with van der Waals surface area (Å²) >= 11 is 0. The SMILES string of the molecule is Cc1ccc(C(C)C)c(OCCC(O)c2ccccc2)c1. The van der Waals surface area contributed by atoms with Gasteiger partial charge in [0.2, 0.25) is 0 Å². The van der Waals surface area contributed by atoms with Crippen molar-refractivity contribution in [2.45, 2.75) is 39.2 Å². The maximum Gasteiger partial charge on any atom is 0.123 e. The fourth-order valence-electron chi connectivity index (χ4n) is 2.37. The van der Waals surface area contributed by atoms with E-state index in [1.165, 1.54) is 11.1 Å². The van der Waals surface area contributed by atoms with Crippen LogP contribution in [-0.2, 0) is 0 Å². The van der Waals surface area contributed by atoms with Gasteiger partial charge in [-0.05, 0) is 35.6 Å². The second-order valence-electron chi connectivity index (χ2n) is 5.76. The zero-order valence-corrected chi connectivity index (χ0v) is 13.0. The van der Waals surface area contributed by atoms with E-state index in [-0.39, 0.29) is 0 Å². The van der Waals surface area contributed by atoms with Crippen molar-refractivity contribution < 1.29 is 9.84 Å². The van der Waals surface area contributed by atoms with Crippen LogP contribution < -0.4 is 4.74 Å². The van der Waals surface area contributed by atoms with Crippen molar-refractivity contribution >= 4 is 0 Å². The van der Waals surface area contributed by atoms with E-state index in [9.17, 15) is 5.11 Å². The quantitative estimate of drug-likeness (QED) is 0.838. The van der Waals surface area contributed by atoms with E-state index < -0.39 is 6.10 Å². The van der Waals surface area contributed by atoms with Gasteiger partial charge in [0.15, 0.2) is 0 Å². The fraction of sp³-hybridized carbons (Fsp3) is 0.368. The molecule has 2 aromatic rings. The van der Waals surface area contributed by atoms with Gasteiger partial charge in [-0.1, -0.05) is 56.3 Å². The van der Waals surface area contributed by atoms with Crippen molar-refractivity contribution in [1.82, 2.24) is 0 Å². The highest BCUT2D eigenvalue weighted by Crippen LogP contribution is 2.28. The molecule has 0 fully saturated rings. The van der Waals surface area contributed by atoms with Gasteiger partial charge in [-0.2, -0.15) is 0 Å². The molecule has 0 saturated heterocycles. The Morgan fingerprint density at radius 1 is 1.05 bits per heavy atom. The zero-order chi connectivity index (χ0) is 15.2. The maximum atomic E-state index is 10.2. The van der Waals surface area contributed by atoms with Crippen LogP contribution in [0, 0.1) is 6.92 Å². The van der Waals surface area contributed by atoms with E-state index in [4.69, 9.17) is 4.74 Å². The molecule has 21 heavy (non-hydrogen) atoms. The summed E-state index contributed by atoms with van der Waals surface area (Å²) in [4.78, 5) is 0. The summed E-state index contributed by atoms with van der Waals surface area (Å²) in [7, 11) is 0. The van der Waals surface area contributed by atoms with Crippen LogP contribution in [0.3, 0.4) is 0 Å². The van der Waals surface area contributed by atoms with E-state index in [1.54, 1.807) is 0 Å². The molecule has 0 saturated carbocycles. The first-order valence-electron chi connectivity index (χ1n) is 7.54. The second kappa shape index (κ2) is 7.28. The summed E-state index contributed by atoms with van der Waals surface area (Å²) in [6.07, 6.45) is 0.119. The number of aliphatic hydroxyl groups is 1. The minimum atomic E-state index is -0.474. The number of aliphatic hydroxyl groups excluding tert-OH is 1. The Morgan fingerprint density at radius 2 is 1.76 bits per heavy atom. The molecular weight excluding hydrogens is 260 g/mol. The number of benzene rings is 2. The Bertz CT molecular complexity index is 561. The molecule has 0 aromatic heterocycles. The monoisotopic (exact) mass is 284 g/mol. The third kappa shape index (κ3) is 4.33. The van der Waals surface area contributed by atoms with Crippen LogP contribution in [0.25, 0.3) is 0 Å². The molecule has 0 aliphatic heterocycles. The Labute approximate surface area is 127 Å². The van der Waals surface area contributed by atoms with Crippen molar-refractivity contribution in [1.29, 1.82) is 0 Å². The van der Waals surface area contributed by atoms with Crippen LogP contribution in [0.1, 0.15) is 49.0 Å². The molecule has 2 aromatic carbocycles. The lowest BCUT2D eigenvalue weighted by atomic mass is 10.0. The standard InChI is InChI=1S/C19H24O2/c1-14(2)17-10-9-15(3)13-19(17)21-12-11-18(20)16-7-5-4-6-8-16/h4-10,13-14,18,20H,11-12H2,1-3H3. The lowest BCUT2D eigenvalue weighted by molar-refractivity contribution is 0.140. The Balaban J connectivity index is 1.96. The molecule has 2 rings (SSSR count). The van der Waals surface area contributed by atoms with Gasteiger partial charge in [0, 0.05) is 6.42 Å². The molecule has 0 bridgehead atoms. The van der Waals surface area contributed by atoms with Crippen LogP contribution in [0.2, 0.25) is 0 Å². The summed E-state index contributed by atoms with van der Waals surface area (Å²) in [5, 5.41) is 10.2. The van der Waals surface area contributed by atoms with Crippen LogP contribution in [0.5, 0.6) is 5.75 Å². The molecule has 112 valence electrons. The van der Waals surface area contributed by atoms with Crippen molar-refractivity contribution in [2.75, 3.05) is 6.61 Å². The zero-order valence-electron chi connectivity index (χ0n) is 13.0. The highest BCUT2D eigenvalue weighted by Gasteiger charge is 2.10. The number of rotatable bonds is 6. The number of hydrogen-bond donors (Lipinski definition) is 1. The fourth-order valence-corrected chi connectivity index (χ4v) is 2.37. The molecule has 0 spiro atoms. The molecular formula is C19H24O2. The topological polar surface area (TPSA) is 29.5 Å². The summed E-state index contributed by atoms with van der Waals surface area (Å²) in [5.41, 5.74) is 3.35. The Hall–Kier alpha value is -1.80. The Morgan fingerprint density at radius 3 is 2.43 bits per heavy atom. The van der Waals surface area contributed by atoms with Gasteiger partial charge in [0.05, 0.1) is 12.7 Å². The maximum absolute atomic E-state index is 10.2. The molecule has 1 unspecified atom stereocenters. The average molecular weight is 284 g/mol. The van der Waals surface area contributed by atoms with Crippen LogP contribution in [0.15, 0.2) is 48.5 Å². The first-order valence-corrected chi connectivity index (χ1v) is 7.54. The minimum absolute atomic E-state index is 0.430. The highest BCUT2D eigenvalue weighted by molar-refractivity contribution is 5.39. The van der Waals surface area contributed by atoms with E-state index in [2.05, 4.69) is 39.0 Å². The van der Waals surface area contributed by atoms with Gasteiger partial charge < -0.3 is 9.84 Å². The summed E-state index contributed by atoms with van der Waals surface area (Å²) < 4.78 is 5.91. The van der Waals surface area contributed by atoms with Gasteiger partial charge in [0.25, 0.3) is 0 Å². The summed E-state index contributed by atoms with van der Waals surface area (Å²) in [5.74, 6) is 1.37. The van der Waals surface area contributed by atoms with E-state index in [1.807, 2.05) is 30.3 Å². The largest absolute Gasteiger partial charge is 0.493 e. The van der Waals surface area contributed by atoms with Crippen LogP contribution in [-0.4, -0.2) is 11.7 Å². The summed E-state index contributed by atoms with van der Waals surface area (Å²) in [6.45, 7) is 6.90. The van der Waals surface area contributed by atoms with Gasteiger partial charge >= 0.3 is 0 Å². The van der Waals surface area contributed by atoms with Gasteiger partial charge in [0.1, 0.15) is 5.75 Å². The van der Waals surface area contributed by atoms with Gasteiger partial charge in [-0.15, -0.1) is 0 Å². The lowest BCUT2D eigenvalue weighted by Gasteiger charge is -2.16. The first kappa shape index (κ1) is 15.6. The average Bonchev–Trinajstić information content (AvgIpc) is 2.48. The normalized spacial score (nSPS) is 12.4. The Kier molecular flexibility index (Phi) is 5.40. The van der Waals surface area contributed by atoms with E-state index in [0.29, 0.717) is 18.9 Å². The van der Waals surface area contributed by atoms with Gasteiger partial charge in [-0.3, -0.25) is 0 Å². The molecule has 0 heterocycles. The lowest BCUT2D eigenvalue weighted by Crippen LogP contribution is -2.07. The molecule has 0 radical (unpaired) electrons. The van der Waals surface area contributed by atoms with E-state index in [0.717, 1.165) is 11.3 Å². The molecule has 1 atom stereocenters. The van der Waals surface area contributed by atoms with Crippen molar-refractivity contribution in [2.24, 2.45) is 0 Å². The highest BCUT2D eigenvalue weighted by atomic mass is 16.5. The van der Waals surface area contributed by atoms with Crippen LogP contribution in [0.4, 0.5) is 0 Å². The molecule has 0 amide bonds. The first-order chi connectivity index (χ1) is 10.1. The molecule has 0 aliphatic rings. The van der Waals surface area contributed by atoms with Crippen molar-refractivity contribution in [3.8, 4) is 5.75 Å². The predicted octanol–water partition coefficient (Wildman–Crippen LogP) is 4.62. The van der Waals surface area contributed by atoms with Crippen molar-refractivity contribution in [3.63, 3.8) is 0 Å². The number of aryl methyl sites for hydroxylation is 1. The number of ether oxygens (including phenoxy) is 1. The van der Waals surface area contributed by atoms with E-state index >= 15 is 0 Å². The van der Waals surface area contributed by atoms with Crippen molar-refractivity contribution in [3.05, 3.63) is 65.2 Å². The minimum Gasteiger partial charge on any atom is -0.493 e. The van der Waals surface area contributed by atoms with Crippen LogP contribution >= 0.6 is 0 Å². The molecule has 2 nitrogen and oxygen atoms in total. The predicted molar refractivity (Wildman–Crippen MR) is 86.8 cm³/mol. The number of hydrogen-bond acceptors (Lipinski definition) is 2. The molecule has 2 heteroatoms. The molecule has 0 aliphatic carbocycles. The molecule has 1 N–H and O–H groups in total. The second-order valence-corrected chi connectivity index (χ2v) is 5.76. The van der Waals surface area contributed by atoms with Gasteiger partial charge in [-0.25, -0.2) is 0 Å². The third-order valence-electron chi connectivity index (χ3n) is 3.62. The third-order valence-corrected chi connectivity index (χ3v) is 3.62. The summed E-state index contributed by atoms with van der Waals surface area (Å²) in [6, 6.07) is 16.0. The smallest absolute Gasteiger partial charge is 0.123 e.